The number of carbonyl (C=O) groups excluding carboxylic acids is 1. The van der Waals surface area contributed by atoms with Gasteiger partial charge in [-0.05, 0) is 87.4 Å². The molecule has 3 aliphatic rings. The number of pyridine rings is 1. The summed E-state index contributed by atoms with van der Waals surface area (Å²) in [6.07, 6.45) is 7.58. The average molecular weight is 604 g/mol. The van der Waals surface area contributed by atoms with Crippen LogP contribution in [0.15, 0.2) is 42.7 Å². The first kappa shape index (κ1) is 29.7. The highest BCUT2D eigenvalue weighted by molar-refractivity contribution is 6.76. The Bertz CT molecular complexity index is 1460. The second kappa shape index (κ2) is 11.6. The van der Waals surface area contributed by atoms with Gasteiger partial charge in [0.05, 0.1) is 6.20 Å². The molecule has 1 aromatic carbocycles. The van der Waals surface area contributed by atoms with E-state index in [0.717, 1.165) is 72.0 Å². The van der Waals surface area contributed by atoms with Gasteiger partial charge >= 0.3 is 6.09 Å². The Balaban J connectivity index is 1.08. The van der Waals surface area contributed by atoms with E-state index in [1.54, 1.807) is 0 Å². The molecule has 2 aromatic heterocycles. The standard InChI is InChI=1S/C33H45N5O4Si/c1-33(2,3)42-32(39)38-26-8-9-27(38)17-25(16-26)35-30-12-11-29-28-10-7-22(15-23(28)20-41-31(29)36-30)24-18-34-37(19-24)21-40-13-14-43(4,5)6/h7,10-12,15,18-19,25-27H,8-9,13-14,16-17,20-21H2,1-6H3,(H,35,36). The van der Waals surface area contributed by atoms with Crippen molar-refractivity contribution in [2.75, 3.05) is 11.9 Å². The van der Waals surface area contributed by atoms with Crippen LogP contribution < -0.4 is 10.1 Å². The fourth-order valence-electron chi connectivity index (χ4n) is 6.37. The lowest BCUT2D eigenvalue weighted by Crippen LogP contribution is -2.51. The molecule has 5 heterocycles. The van der Waals surface area contributed by atoms with Gasteiger partial charge in [-0.25, -0.2) is 9.48 Å². The van der Waals surface area contributed by atoms with Crippen molar-refractivity contribution < 1.29 is 19.0 Å². The summed E-state index contributed by atoms with van der Waals surface area (Å²) in [4.78, 5) is 19.7. The average Bonchev–Trinajstić information content (AvgIpc) is 3.51. The van der Waals surface area contributed by atoms with E-state index in [2.05, 4.69) is 54.3 Å². The number of aromatic nitrogens is 3. The summed E-state index contributed by atoms with van der Waals surface area (Å²) >= 11 is 0. The van der Waals surface area contributed by atoms with Gasteiger partial charge in [-0.2, -0.15) is 10.1 Å². The predicted molar refractivity (Wildman–Crippen MR) is 171 cm³/mol. The van der Waals surface area contributed by atoms with Crippen LogP contribution in [0.2, 0.25) is 25.7 Å². The van der Waals surface area contributed by atoms with Gasteiger partial charge in [0.2, 0.25) is 5.88 Å². The van der Waals surface area contributed by atoms with Crippen LogP contribution >= 0.6 is 0 Å². The fraction of sp³-hybridized carbons (Fsp3) is 0.545. The highest BCUT2D eigenvalue weighted by Crippen LogP contribution is 2.40. The van der Waals surface area contributed by atoms with Crippen molar-refractivity contribution in [2.45, 2.75) is 109 Å². The lowest BCUT2D eigenvalue weighted by atomic mass is 9.95. The predicted octanol–water partition coefficient (Wildman–Crippen LogP) is 7.16. The fourth-order valence-corrected chi connectivity index (χ4v) is 7.13. The molecule has 3 aromatic rings. The summed E-state index contributed by atoms with van der Waals surface area (Å²) in [5.41, 5.74) is 4.98. The summed E-state index contributed by atoms with van der Waals surface area (Å²) in [7, 11) is -1.10. The Morgan fingerprint density at radius 1 is 1.07 bits per heavy atom. The van der Waals surface area contributed by atoms with Crippen molar-refractivity contribution in [1.82, 2.24) is 19.7 Å². The van der Waals surface area contributed by atoms with E-state index >= 15 is 0 Å². The number of benzene rings is 1. The van der Waals surface area contributed by atoms with Gasteiger partial charge in [-0.1, -0.05) is 31.8 Å². The molecule has 1 amide bonds. The molecule has 2 saturated heterocycles. The Morgan fingerprint density at radius 2 is 1.81 bits per heavy atom. The van der Waals surface area contributed by atoms with Crippen molar-refractivity contribution in [3.05, 3.63) is 48.3 Å². The highest BCUT2D eigenvalue weighted by atomic mass is 28.3. The van der Waals surface area contributed by atoms with Gasteiger partial charge < -0.3 is 24.4 Å². The normalized spacial score (nSPS) is 21.2. The largest absolute Gasteiger partial charge is 0.472 e. The molecule has 2 fully saturated rings. The highest BCUT2D eigenvalue weighted by Gasteiger charge is 2.45. The zero-order valence-corrected chi connectivity index (χ0v) is 27.4. The van der Waals surface area contributed by atoms with E-state index in [1.807, 2.05) is 48.8 Å². The van der Waals surface area contributed by atoms with Crippen molar-refractivity contribution in [1.29, 1.82) is 0 Å². The van der Waals surface area contributed by atoms with Gasteiger partial charge in [0.25, 0.3) is 0 Å². The molecule has 3 aliphatic heterocycles. The van der Waals surface area contributed by atoms with E-state index in [-0.39, 0.29) is 24.2 Å². The van der Waals surface area contributed by atoms with E-state index in [9.17, 15) is 4.79 Å². The molecule has 2 bridgehead atoms. The van der Waals surface area contributed by atoms with E-state index in [1.165, 1.54) is 0 Å². The van der Waals surface area contributed by atoms with Crippen LogP contribution in [-0.4, -0.2) is 64.2 Å². The number of rotatable bonds is 8. The van der Waals surface area contributed by atoms with E-state index < -0.39 is 13.7 Å². The first-order chi connectivity index (χ1) is 20.4. The van der Waals surface area contributed by atoms with Crippen molar-refractivity contribution in [3.8, 4) is 28.1 Å². The van der Waals surface area contributed by atoms with Crippen molar-refractivity contribution in [3.63, 3.8) is 0 Å². The Hall–Kier alpha value is -3.37. The lowest BCUT2D eigenvalue weighted by molar-refractivity contribution is 0.00682. The summed E-state index contributed by atoms with van der Waals surface area (Å²) in [6, 6.07) is 12.4. The minimum Gasteiger partial charge on any atom is -0.472 e. The Labute approximate surface area is 255 Å². The number of amides is 1. The van der Waals surface area contributed by atoms with Crippen LogP contribution in [0.5, 0.6) is 5.88 Å². The van der Waals surface area contributed by atoms with Crippen molar-refractivity contribution >= 4 is 20.0 Å². The second-order valence-corrected chi connectivity index (χ2v) is 20.0. The third kappa shape index (κ3) is 6.91. The molecule has 0 radical (unpaired) electrons. The first-order valence-electron chi connectivity index (χ1n) is 15.6. The number of nitrogens with one attached hydrogen (secondary N) is 1. The maximum atomic E-state index is 12.8. The molecule has 10 heteroatoms. The van der Waals surface area contributed by atoms with Crippen LogP contribution in [-0.2, 0) is 22.8 Å². The summed E-state index contributed by atoms with van der Waals surface area (Å²) < 4.78 is 19.6. The maximum absolute atomic E-state index is 12.8. The molecule has 2 atom stereocenters. The quantitative estimate of drug-likeness (QED) is 0.216. The maximum Gasteiger partial charge on any atom is 0.410 e. The molecule has 2 unspecified atom stereocenters. The smallest absolute Gasteiger partial charge is 0.410 e. The van der Waals surface area contributed by atoms with Crippen LogP contribution in [0.25, 0.3) is 22.3 Å². The topological polar surface area (TPSA) is 90.7 Å². The molecular weight excluding hydrogens is 558 g/mol. The summed E-state index contributed by atoms with van der Waals surface area (Å²) in [6.45, 7) is 14.6. The first-order valence-corrected chi connectivity index (χ1v) is 19.3. The van der Waals surface area contributed by atoms with Crippen LogP contribution in [0.1, 0.15) is 52.0 Å². The zero-order chi connectivity index (χ0) is 30.4. The summed E-state index contributed by atoms with van der Waals surface area (Å²) in [5, 5.41) is 8.14. The number of hydrogen-bond acceptors (Lipinski definition) is 7. The zero-order valence-electron chi connectivity index (χ0n) is 26.4. The van der Waals surface area contributed by atoms with Crippen molar-refractivity contribution in [2.24, 2.45) is 0 Å². The SMILES string of the molecule is CC(C)(C)OC(=O)N1C2CCC1CC(Nc1ccc3c(n1)OCc1cc(-c4cnn(COCC[Si](C)(C)C)c4)ccc1-3)C2. The number of anilines is 1. The Kier molecular flexibility index (Phi) is 8.02. The molecule has 230 valence electrons. The lowest BCUT2D eigenvalue weighted by Gasteiger charge is -2.39. The molecular formula is C33H45N5O4Si. The van der Waals surface area contributed by atoms with Gasteiger partial charge in [0.15, 0.2) is 0 Å². The monoisotopic (exact) mass is 603 g/mol. The third-order valence-electron chi connectivity index (χ3n) is 8.50. The summed E-state index contributed by atoms with van der Waals surface area (Å²) in [5.74, 6) is 1.47. The molecule has 0 spiro atoms. The van der Waals surface area contributed by atoms with Crippen LogP contribution in [0.4, 0.5) is 10.6 Å². The van der Waals surface area contributed by atoms with E-state index in [4.69, 9.17) is 19.2 Å². The third-order valence-corrected chi connectivity index (χ3v) is 10.2. The molecule has 6 rings (SSSR count). The Morgan fingerprint density at radius 3 is 2.53 bits per heavy atom. The molecule has 0 saturated carbocycles. The van der Waals surface area contributed by atoms with Gasteiger partial charge in [-0.3, -0.25) is 0 Å². The number of piperidine rings is 1. The molecule has 43 heavy (non-hydrogen) atoms. The van der Waals surface area contributed by atoms with E-state index in [0.29, 0.717) is 19.2 Å². The van der Waals surface area contributed by atoms with Gasteiger partial charge in [0, 0.05) is 50.1 Å². The van der Waals surface area contributed by atoms with Crippen LogP contribution in [0, 0.1) is 0 Å². The van der Waals surface area contributed by atoms with Crippen LogP contribution in [0.3, 0.4) is 0 Å². The number of fused-ring (bicyclic) bond motifs is 5. The number of nitrogens with zero attached hydrogens (tertiary/aromatic N) is 4. The number of hydrogen-bond donors (Lipinski definition) is 1. The second-order valence-electron chi connectivity index (χ2n) is 14.4. The number of carbonyl (C=O) groups is 1. The van der Waals surface area contributed by atoms with Gasteiger partial charge in [-0.15, -0.1) is 0 Å². The molecule has 1 N–H and O–H groups in total. The minimum absolute atomic E-state index is 0.184. The number of ether oxygens (including phenoxy) is 3. The van der Waals surface area contributed by atoms with Gasteiger partial charge in [0.1, 0.15) is 24.8 Å². The molecule has 9 nitrogen and oxygen atoms in total. The molecule has 0 aliphatic carbocycles. The minimum atomic E-state index is -1.10.